The molecule has 0 aliphatic carbocycles. The van der Waals surface area contributed by atoms with Gasteiger partial charge in [0.25, 0.3) is 5.91 Å². The van der Waals surface area contributed by atoms with Gasteiger partial charge in [-0.25, -0.2) is 9.78 Å². The Morgan fingerprint density at radius 1 is 1.67 bits per heavy atom. The van der Waals surface area contributed by atoms with Gasteiger partial charge in [-0.05, 0) is 6.08 Å². The lowest BCUT2D eigenvalue weighted by molar-refractivity contribution is -0.141. The first-order valence-corrected chi connectivity index (χ1v) is 6.08. The standard InChI is InChI=1S/C11H8N2O4S/c1-5-12-6(3-17-5)2-7-9(14)13-8(11(15)16)4-18-10(7)13/h2-4,10H,1H3,(H,15,16)/t10-/m0/s1. The van der Waals surface area contributed by atoms with Gasteiger partial charge in [0, 0.05) is 12.3 Å². The minimum atomic E-state index is -1.09. The van der Waals surface area contributed by atoms with E-state index in [4.69, 9.17) is 9.52 Å². The molecule has 7 heteroatoms. The van der Waals surface area contributed by atoms with Crippen molar-refractivity contribution in [3.8, 4) is 0 Å². The van der Waals surface area contributed by atoms with E-state index in [1.165, 1.54) is 28.3 Å². The van der Waals surface area contributed by atoms with E-state index in [-0.39, 0.29) is 17.0 Å². The summed E-state index contributed by atoms with van der Waals surface area (Å²) in [6.07, 6.45) is 3.09. The van der Waals surface area contributed by atoms with Crippen molar-refractivity contribution in [2.24, 2.45) is 0 Å². The van der Waals surface area contributed by atoms with Gasteiger partial charge in [0.05, 0.1) is 5.57 Å². The molecular weight excluding hydrogens is 256 g/mol. The summed E-state index contributed by atoms with van der Waals surface area (Å²) in [4.78, 5) is 28.1. The fourth-order valence-electron chi connectivity index (χ4n) is 1.87. The van der Waals surface area contributed by atoms with Crippen LogP contribution in [0.2, 0.25) is 0 Å². The number of amides is 1. The summed E-state index contributed by atoms with van der Waals surface area (Å²) in [6, 6.07) is 0. The third-order valence-electron chi connectivity index (χ3n) is 2.69. The first-order valence-electron chi connectivity index (χ1n) is 5.14. The Balaban J connectivity index is 1.86. The summed E-state index contributed by atoms with van der Waals surface area (Å²) in [7, 11) is 0. The number of aryl methyl sites for hydroxylation is 1. The van der Waals surface area contributed by atoms with Gasteiger partial charge in [0.2, 0.25) is 0 Å². The molecule has 0 unspecified atom stereocenters. The van der Waals surface area contributed by atoms with Gasteiger partial charge in [-0.1, -0.05) is 0 Å². The van der Waals surface area contributed by atoms with Crippen molar-refractivity contribution in [3.05, 3.63) is 34.5 Å². The van der Waals surface area contributed by atoms with E-state index in [0.29, 0.717) is 17.2 Å². The summed E-state index contributed by atoms with van der Waals surface area (Å²) in [5.74, 6) is -0.858. The van der Waals surface area contributed by atoms with Crippen LogP contribution in [0.4, 0.5) is 0 Å². The molecule has 1 aromatic heterocycles. The SMILES string of the molecule is Cc1nc(C=C2C(=O)N3C(C(=O)O)=CS[C@@H]23)co1. The monoisotopic (exact) mass is 264 g/mol. The number of carboxylic acids is 1. The van der Waals surface area contributed by atoms with Crippen molar-refractivity contribution < 1.29 is 19.1 Å². The molecule has 0 saturated carbocycles. The van der Waals surface area contributed by atoms with E-state index in [0.717, 1.165) is 0 Å². The van der Waals surface area contributed by atoms with Gasteiger partial charge in [-0.3, -0.25) is 9.69 Å². The van der Waals surface area contributed by atoms with Crippen molar-refractivity contribution in [2.75, 3.05) is 0 Å². The Kier molecular flexibility index (Phi) is 2.30. The van der Waals surface area contributed by atoms with Crippen LogP contribution in [0.25, 0.3) is 6.08 Å². The summed E-state index contributed by atoms with van der Waals surface area (Å²) in [5.41, 5.74) is 1.14. The number of aliphatic carboxylic acids is 1. The molecule has 0 aromatic carbocycles. The van der Waals surface area contributed by atoms with Crippen molar-refractivity contribution in [3.63, 3.8) is 0 Å². The van der Waals surface area contributed by atoms with Crippen LogP contribution >= 0.6 is 11.8 Å². The molecule has 1 N–H and O–H groups in total. The van der Waals surface area contributed by atoms with E-state index in [9.17, 15) is 9.59 Å². The molecule has 0 bridgehead atoms. The normalized spacial score (nSPS) is 23.9. The van der Waals surface area contributed by atoms with E-state index in [1.54, 1.807) is 13.0 Å². The number of carbonyl (C=O) groups is 2. The Bertz CT molecular complexity index is 616. The van der Waals surface area contributed by atoms with Crippen LogP contribution in [-0.2, 0) is 9.59 Å². The Morgan fingerprint density at radius 3 is 3.06 bits per heavy atom. The number of nitrogens with zero attached hydrogens (tertiary/aromatic N) is 2. The molecule has 6 nitrogen and oxygen atoms in total. The number of rotatable bonds is 2. The van der Waals surface area contributed by atoms with Crippen LogP contribution in [0.1, 0.15) is 11.6 Å². The zero-order chi connectivity index (χ0) is 12.9. The number of hydrogen-bond acceptors (Lipinski definition) is 5. The highest BCUT2D eigenvalue weighted by molar-refractivity contribution is 8.03. The summed E-state index contributed by atoms with van der Waals surface area (Å²) in [5, 5.41) is 10.1. The molecule has 0 radical (unpaired) electrons. The van der Waals surface area contributed by atoms with Gasteiger partial charge < -0.3 is 9.52 Å². The largest absolute Gasteiger partial charge is 0.477 e. The molecule has 2 aliphatic rings. The molecule has 0 spiro atoms. The molecule has 3 rings (SSSR count). The molecule has 1 amide bonds. The second-order valence-electron chi connectivity index (χ2n) is 3.86. The minimum absolute atomic E-state index is 0.0310. The molecule has 1 saturated heterocycles. The predicted molar refractivity (Wildman–Crippen MR) is 63.2 cm³/mol. The van der Waals surface area contributed by atoms with Crippen LogP contribution in [0.3, 0.4) is 0 Å². The lowest BCUT2D eigenvalue weighted by atomic mass is 10.0. The van der Waals surface area contributed by atoms with Gasteiger partial charge in [-0.15, -0.1) is 11.8 Å². The molecule has 1 atom stereocenters. The molecule has 1 aromatic rings. The number of aromatic nitrogens is 1. The number of carbonyl (C=O) groups excluding carboxylic acids is 1. The van der Waals surface area contributed by atoms with Crippen LogP contribution < -0.4 is 0 Å². The fourth-order valence-corrected chi connectivity index (χ4v) is 2.99. The van der Waals surface area contributed by atoms with Gasteiger partial charge in [0.15, 0.2) is 5.89 Å². The topological polar surface area (TPSA) is 83.6 Å². The van der Waals surface area contributed by atoms with Crippen molar-refractivity contribution in [1.82, 2.24) is 9.88 Å². The highest BCUT2D eigenvalue weighted by Crippen LogP contribution is 2.44. The molecule has 3 heterocycles. The number of hydrogen-bond donors (Lipinski definition) is 1. The Labute approximate surface area is 106 Å². The maximum absolute atomic E-state index is 11.9. The second kappa shape index (κ2) is 3.74. The first kappa shape index (κ1) is 11.1. The second-order valence-corrected chi connectivity index (χ2v) is 4.82. The minimum Gasteiger partial charge on any atom is -0.477 e. The summed E-state index contributed by atoms with van der Waals surface area (Å²) >= 11 is 1.30. The van der Waals surface area contributed by atoms with Crippen molar-refractivity contribution in [2.45, 2.75) is 12.3 Å². The van der Waals surface area contributed by atoms with E-state index in [2.05, 4.69) is 4.98 Å². The average Bonchev–Trinajstić information content (AvgIpc) is 2.89. The van der Waals surface area contributed by atoms with Crippen molar-refractivity contribution in [1.29, 1.82) is 0 Å². The van der Waals surface area contributed by atoms with Crippen molar-refractivity contribution >= 4 is 29.7 Å². The highest BCUT2D eigenvalue weighted by Gasteiger charge is 2.49. The maximum Gasteiger partial charge on any atom is 0.353 e. The quantitative estimate of drug-likeness (QED) is 0.638. The molecule has 18 heavy (non-hydrogen) atoms. The maximum atomic E-state index is 11.9. The lowest BCUT2D eigenvalue weighted by Gasteiger charge is -2.36. The molecule has 2 aliphatic heterocycles. The van der Waals surface area contributed by atoms with Crippen LogP contribution in [-0.4, -0.2) is 32.2 Å². The predicted octanol–water partition coefficient (Wildman–Crippen LogP) is 1.21. The first-order chi connectivity index (χ1) is 8.58. The fraction of sp³-hybridized carbons (Fsp3) is 0.182. The summed E-state index contributed by atoms with van der Waals surface area (Å²) < 4.78 is 5.05. The highest BCUT2D eigenvalue weighted by atomic mass is 32.2. The zero-order valence-corrected chi connectivity index (χ0v) is 10.1. The van der Waals surface area contributed by atoms with Gasteiger partial charge in [-0.2, -0.15) is 0 Å². The van der Waals surface area contributed by atoms with Crippen LogP contribution in [0.5, 0.6) is 0 Å². The van der Waals surface area contributed by atoms with E-state index < -0.39 is 5.97 Å². The zero-order valence-electron chi connectivity index (χ0n) is 9.28. The van der Waals surface area contributed by atoms with Crippen LogP contribution in [0, 0.1) is 6.92 Å². The molecular formula is C11H8N2O4S. The molecule has 1 fully saturated rings. The number of thioether (sulfide) groups is 1. The van der Waals surface area contributed by atoms with Gasteiger partial charge in [0.1, 0.15) is 23.0 Å². The molecule has 92 valence electrons. The van der Waals surface area contributed by atoms with Crippen LogP contribution in [0.15, 0.2) is 27.4 Å². The van der Waals surface area contributed by atoms with Gasteiger partial charge >= 0.3 is 5.97 Å². The summed E-state index contributed by atoms with van der Waals surface area (Å²) in [6.45, 7) is 1.71. The van der Waals surface area contributed by atoms with E-state index in [1.807, 2.05) is 0 Å². The Hall–Kier alpha value is -2.02. The lowest BCUT2D eigenvalue weighted by Crippen LogP contribution is -2.51. The third-order valence-corrected chi connectivity index (χ3v) is 3.78. The smallest absolute Gasteiger partial charge is 0.353 e. The van der Waals surface area contributed by atoms with E-state index >= 15 is 0 Å². The number of carboxylic acid groups (broad SMARTS) is 1. The number of oxazole rings is 1. The Morgan fingerprint density at radius 2 is 2.44 bits per heavy atom. The average molecular weight is 264 g/mol. The third kappa shape index (κ3) is 1.47. The number of β-lactam (4-membered cyclic amide) rings is 1. The number of fused-ring (bicyclic) bond motifs is 1.